The molecular formula is C19H20FNO2S. The van der Waals surface area contributed by atoms with Gasteiger partial charge in [-0.1, -0.05) is 54.6 Å². The van der Waals surface area contributed by atoms with E-state index in [1.807, 2.05) is 54.6 Å². The molecule has 0 N–H and O–H groups in total. The monoisotopic (exact) mass is 345 g/mol. The highest BCUT2D eigenvalue weighted by molar-refractivity contribution is 7.87. The highest BCUT2D eigenvalue weighted by atomic mass is 32.3. The first kappa shape index (κ1) is 15.8. The summed E-state index contributed by atoms with van der Waals surface area (Å²) in [5.41, 5.74) is 3.28. The Morgan fingerprint density at radius 3 is 2.54 bits per heavy atom. The van der Waals surface area contributed by atoms with Crippen LogP contribution in [0.4, 0.5) is 3.89 Å². The van der Waals surface area contributed by atoms with Gasteiger partial charge < -0.3 is 0 Å². The molecule has 4 rings (SSSR count). The molecule has 3 nitrogen and oxygen atoms in total. The highest BCUT2D eigenvalue weighted by Gasteiger charge is 2.58. The third-order valence-electron chi connectivity index (χ3n) is 5.55. The Labute approximate surface area is 142 Å². The van der Waals surface area contributed by atoms with Crippen LogP contribution in [0.15, 0.2) is 54.6 Å². The second-order valence-corrected chi connectivity index (χ2v) is 8.60. The fraction of sp³-hybridized carbons (Fsp3) is 0.368. The zero-order chi connectivity index (χ0) is 16.8. The van der Waals surface area contributed by atoms with E-state index >= 15 is 0 Å². The normalized spacial score (nSPS) is 26.8. The van der Waals surface area contributed by atoms with Gasteiger partial charge >= 0.3 is 10.2 Å². The molecular weight excluding hydrogens is 325 g/mol. The van der Waals surface area contributed by atoms with Crippen LogP contribution in [0.5, 0.6) is 0 Å². The fourth-order valence-corrected chi connectivity index (χ4v) is 5.62. The number of fused-ring (bicyclic) bond motifs is 3. The summed E-state index contributed by atoms with van der Waals surface area (Å²) in [5.74, 6) is -0.291. The van der Waals surface area contributed by atoms with Crippen LogP contribution in [-0.2, 0) is 23.2 Å². The molecule has 0 unspecified atom stereocenters. The van der Waals surface area contributed by atoms with Crippen LogP contribution in [0.25, 0.3) is 0 Å². The summed E-state index contributed by atoms with van der Waals surface area (Å²) in [5, 5.41) is 0. The summed E-state index contributed by atoms with van der Waals surface area (Å²) < 4.78 is 37.3. The van der Waals surface area contributed by atoms with E-state index in [0.29, 0.717) is 25.9 Å². The van der Waals surface area contributed by atoms with E-state index in [1.165, 1.54) is 0 Å². The molecule has 2 aromatic carbocycles. The Bertz CT molecular complexity index is 853. The molecule has 1 fully saturated rings. The smallest absolute Gasteiger partial charge is 0.297 e. The van der Waals surface area contributed by atoms with E-state index in [4.69, 9.17) is 0 Å². The van der Waals surface area contributed by atoms with Crippen LogP contribution in [0.2, 0.25) is 0 Å². The van der Waals surface area contributed by atoms with Gasteiger partial charge in [0.05, 0.1) is 0 Å². The number of hydrogen-bond donors (Lipinski definition) is 0. The van der Waals surface area contributed by atoms with Crippen LogP contribution < -0.4 is 0 Å². The first-order valence-electron chi connectivity index (χ1n) is 8.28. The maximum Gasteiger partial charge on any atom is 0.310 e. The molecule has 0 saturated carbocycles. The minimum Gasteiger partial charge on any atom is -0.297 e. The number of aryl methyl sites for hydroxylation is 1. The average Bonchev–Trinajstić information content (AvgIpc) is 2.95. The molecule has 1 aliphatic carbocycles. The molecule has 2 atom stereocenters. The molecule has 1 heterocycles. The fourth-order valence-electron chi connectivity index (χ4n) is 4.39. The van der Waals surface area contributed by atoms with Gasteiger partial charge in [0, 0.05) is 25.6 Å². The molecule has 5 heteroatoms. The first-order valence-corrected chi connectivity index (χ1v) is 9.66. The van der Waals surface area contributed by atoms with Crippen molar-refractivity contribution in [2.24, 2.45) is 0 Å². The van der Waals surface area contributed by atoms with Gasteiger partial charge in [-0.25, -0.2) is 0 Å². The molecule has 126 valence electrons. The zero-order valence-corrected chi connectivity index (χ0v) is 14.2. The van der Waals surface area contributed by atoms with Gasteiger partial charge in [0.25, 0.3) is 0 Å². The quantitative estimate of drug-likeness (QED) is 0.801. The molecule has 2 aromatic rings. The van der Waals surface area contributed by atoms with Gasteiger partial charge in [0.2, 0.25) is 0 Å². The summed E-state index contributed by atoms with van der Waals surface area (Å²) >= 11 is 0. The molecule has 1 aliphatic heterocycles. The van der Waals surface area contributed by atoms with E-state index in [0.717, 1.165) is 16.7 Å². The van der Waals surface area contributed by atoms with Crippen LogP contribution in [0.3, 0.4) is 0 Å². The van der Waals surface area contributed by atoms with Gasteiger partial charge in [-0.3, -0.25) is 4.90 Å². The van der Waals surface area contributed by atoms with Gasteiger partial charge in [-0.05, 0) is 29.5 Å². The largest absolute Gasteiger partial charge is 0.310 e. The number of rotatable bonds is 3. The first-order chi connectivity index (χ1) is 11.5. The molecule has 24 heavy (non-hydrogen) atoms. The zero-order valence-electron chi connectivity index (χ0n) is 13.4. The second kappa shape index (κ2) is 5.67. The molecule has 1 saturated heterocycles. The molecule has 0 spiro atoms. The summed E-state index contributed by atoms with van der Waals surface area (Å²) in [4.78, 5) is 2.08. The minimum absolute atomic E-state index is 0.264. The van der Waals surface area contributed by atoms with Crippen LogP contribution in [0, 0.1) is 0 Å². The SMILES string of the molecule is O=S(=O)(F)[C@@]12CCc3ccccc3[C@H]1CN(Cc1ccccc1)C2. The topological polar surface area (TPSA) is 37.4 Å². The van der Waals surface area contributed by atoms with Gasteiger partial charge in [0.1, 0.15) is 4.75 Å². The Morgan fingerprint density at radius 2 is 1.79 bits per heavy atom. The minimum atomic E-state index is -4.63. The van der Waals surface area contributed by atoms with E-state index in [1.54, 1.807) is 0 Å². The van der Waals surface area contributed by atoms with Crippen molar-refractivity contribution in [2.45, 2.75) is 30.1 Å². The predicted molar refractivity (Wildman–Crippen MR) is 92.0 cm³/mol. The van der Waals surface area contributed by atoms with Crippen molar-refractivity contribution in [3.8, 4) is 0 Å². The molecule has 0 amide bonds. The molecule has 0 radical (unpaired) electrons. The maximum absolute atomic E-state index is 14.4. The molecule has 0 aromatic heterocycles. The Balaban J connectivity index is 1.72. The summed E-state index contributed by atoms with van der Waals surface area (Å²) in [6.45, 7) is 1.49. The van der Waals surface area contributed by atoms with Crippen molar-refractivity contribution in [2.75, 3.05) is 13.1 Å². The second-order valence-electron chi connectivity index (χ2n) is 6.91. The Hall–Kier alpha value is -1.72. The Kier molecular flexibility index (Phi) is 3.73. The lowest BCUT2D eigenvalue weighted by Crippen LogP contribution is -2.46. The van der Waals surface area contributed by atoms with Crippen molar-refractivity contribution < 1.29 is 12.3 Å². The van der Waals surface area contributed by atoms with Gasteiger partial charge in [-0.15, -0.1) is 3.89 Å². The van der Waals surface area contributed by atoms with Crippen molar-refractivity contribution in [3.63, 3.8) is 0 Å². The number of nitrogens with zero attached hydrogens (tertiary/aromatic N) is 1. The number of likely N-dealkylation sites (tertiary alicyclic amines) is 1. The van der Waals surface area contributed by atoms with Gasteiger partial charge in [0.15, 0.2) is 0 Å². The number of hydrogen-bond acceptors (Lipinski definition) is 3. The molecule has 2 aliphatic rings. The average molecular weight is 345 g/mol. The predicted octanol–water partition coefficient (Wildman–Crippen LogP) is 3.27. The van der Waals surface area contributed by atoms with Crippen LogP contribution in [0.1, 0.15) is 29.0 Å². The van der Waals surface area contributed by atoms with Crippen molar-refractivity contribution in [1.29, 1.82) is 0 Å². The Morgan fingerprint density at radius 1 is 1.08 bits per heavy atom. The summed E-state index contributed by atoms with van der Waals surface area (Å²) in [6.07, 6.45) is 0.980. The maximum atomic E-state index is 14.4. The highest BCUT2D eigenvalue weighted by Crippen LogP contribution is 2.49. The number of benzene rings is 2. The van der Waals surface area contributed by atoms with Crippen LogP contribution >= 0.6 is 0 Å². The molecule has 0 bridgehead atoms. The lowest BCUT2D eigenvalue weighted by atomic mass is 9.76. The standard InChI is InChI=1S/C19H20FNO2S/c20-24(22,23)19-11-10-16-8-4-5-9-17(16)18(19)13-21(14-19)12-15-6-2-1-3-7-15/h1-9,18H,10-14H2/t18-,19-/m1/s1. The van der Waals surface area contributed by atoms with Crippen LogP contribution in [-0.4, -0.2) is 31.2 Å². The van der Waals surface area contributed by atoms with Crippen molar-refractivity contribution >= 4 is 10.2 Å². The van der Waals surface area contributed by atoms with E-state index in [2.05, 4.69) is 4.90 Å². The third-order valence-corrected chi connectivity index (χ3v) is 7.14. The third kappa shape index (κ3) is 2.47. The van der Waals surface area contributed by atoms with E-state index in [9.17, 15) is 12.3 Å². The number of halogens is 1. The van der Waals surface area contributed by atoms with Gasteiger partial charge in [-0.2, -0.15) is 8.42 Å². The van der Waals surface area contributed by atoms with E-state index < -0.39 is 15.0 Å². The lowest BCUT2D eigenvalue weighted by molar-refractivity contribution is 0.315. The van der Waals surface area contributed by atoms with E-state index in [-0.39, 0.29) is 12.5 Å². The lowest BCUT2D eigenvalue weighted by Gasteiger charge is -2.36. The summed E-state index contributed by atoms with van der Waals surface area (Å²) in [7, 11) is -4.63. The van der Waals surface area contributed by atoms with Crippen molar-refractivity contribution in [3.05, 3.63) is 71.3 Å². The summed E-state index contributed by atoms with van der Waals surface area (Å²) in [6, 6.07) is 17.8. The van der Waals surface area contributed by atoms with Crippen molar-refractivity contribution in [1.82, 2.24) is 4.90 Å².